The Morgan fingerprint density at radius 3 is 2.15 bits per heavy atom. The highest BCUT2D eigenvalue weighted by molar-refractivity contribution is 5.75. The van der Waals surface area contributed by atoms with E-state index in [0.717, 1.165) is 103 Å². The van der Waals surface area contributed by atoms with Crippen molar-refractivity contribution in [1.29, 1.82) is 0 Å². The molecule has 3 saturated heterocycles. The summed E-state index contributed by atoms with van der Waals surface area (Å²) in [6.45, 7) is 6.67. The van der Waals surface area contributed by atoms with Crippen LogP contribution in [-0.4, -0.2) is 66.3 Å². The van der Waals surface area contributed by atoms with E-state index < -0.39 is 12.1 Å². The molecular formula is C44H55N3O6. The van der Waals surface area contributed by atoms with Gasteiger partial charge in [-0.3, -0.25) is 0 Å². The molecule has 3 aliphatic heterocycles. The topological polar surface area (TPSA) is 102 Å². The molecule has 3 aromatic rings. The number of carbonyl (C=O) groups is 1. The molecule has 4 bridgehead atoms. The molecule has 9 heteroatoms. The number of aliphatic hydroxyl groups is 1. The van der Waals surface area contributed by atoms with Crippen molar-refractivity contribution in [3.8, 4) is 11.1 Å². The smallest absolute Gasteiger partial charge is 0.315 e. The molecule has 2 amide bonds. The molecule has 0 radical (unpaired) electrons. The summed E-state index contributed by atoms with van der Waals surface area (Å²) in [4.78, 5) is 15.7. The van der Waals surface area contributed by atoms with E-state index in [4.69, 9.17) is 18.9 Å². The van der Waals surface area contributed by atoms with Gasteiger partial charge in [0.2, 0.25) is 0 Å². The molecule has 9 nitrogen and oxygen atoms in total. The van der Waals surface area contributed by atoms with Crippen LogP contribution in [0.2, 0.25) is 0 Å². The summed E-state index contributed by atoms with van der Waals surface area (Å²) in [7, 11) is 0. The number of aliphatic hydroxyl groups excluding tert-OH is 1. The van der Waals surface area contributed by atoms with Crippen molar-refractivity contribution in [2.75, 3.05) is 32.8 Å². The van der Waals surface area contributed by atoms with Gasteiger partial charge in [0.05, 0.1) is 32.0 Å². The normalized spacial score (nSPS) is 33.3. The monoisotopic (exact) mass is 721 g/mol. The van der Waals surface area contributed by atoms with Crippen LogP contribution in [0.1, 0.15) is 92.9 Å². The average Bonchev–Trinajstić information content (AvgIpc) is 3.63. The number of benzene rings is 3. The lowest BCUT2D eigenvalue weighted by atomic mass is 9.53. The quantitative estimate of drug-likeness (QED) is 0.214. The van der Waals surface area contributed by atoms with Gasteiger partial charge in [-0.2, -0.15) is 0 Å². The van der Waals surface area contributed by atoms with Crippen molar-refractivity contribution in [1.82, 2.24) is 15.5 Å². The summed E-state index contributed by atoms with van der Waals surface area (Å²) in [6, 6.07) is 25.0. The second-order valence-electron chi connectivity index (χ2n) is 17.1. The predicted molar refractivity (Wildman–Crippen MR) is 201 cm³/mol. The molecule has 10 rings (SSSR count). The number of hydrogen-bond acceptors (Lipinski definition) is 7. The zero-order chi connectivity index (χ0) is 36.0. The fraction of sp³-hybridized carbons (Fsp3) is 0.568. The van der Waals surface area contributed by atoms with Crippen molar-refractivity contribution < 1.29 is 28.8 Å². The van der Waals surface area contributed by atoms with Gasteiger partial charge in [-0.15, -0.1) is 0 Å². The van der Waals surface area contributed by atoms with Crippen LogP contribution in [0.3, 0.4) is 0 Å². The highest BCUT2D eigenvalue weighted by Gasteiger charge is 2.51. The van der Waals surface area contributed by atoms with Gasteiger partial charge in [-0.05, 0) is 96.2 Å². The highest BCUT2D eigenvalue weighted by atomic mass is 16.7. The van der Waals surface area contributed by atoms with Gasteiger partial charge >= 0.3 is 6.03 Å². The Hall–Kier alpha value is -3.31. The maximum absolute atomic E-state index is 13.2. The van der Waals surface area contributed by atoms with Crippen molar-refractivity contribution in [3.63, 3.8) is 0 Å². The van der Waals surface area contributed by atoms with Crippen LogP contribution in [0.25, 0.3) is 11.1 Å². The third-order valence-corrected chi connectivity index (χ3v) is 13.3. The Labute approximate surface area is 313 Å². The van der Waals surface area contributed by atoms with Crippen molar-refractivity contribution in [3.05, 3.63) is 95.1 Å². The first-order valence-corrected chi connectivity index (χ1v) is 20.1. The molecular weight excluding hydrogens is 666 g/mol. The molecule has 0 aromatic heterocycles. The molecule has 3 aromatic carbocycles. The Kier molecular flexibility index (Phi) is 9.84. The molecule has 3 N–H and O–H groups in total. The molecule has 1 spiro atoms. The number of rotatable bonds is 9. The number of piperidine rings is 1. The zero-order valence-corrected chi connectivity index (χ0v) is 31.0. The number of amides is 2. The van der Waals surface area contributed by atoms with E-state index in [0.29, 0.717) is 19.8 Å². The van der Waals surface area contributed by atoms with Gasteiger partial charge in [0.15, 0.2) is 12.1 Å². The lowest BCUT2D eigenvalue weighted by molar-refractivity contribution is -0.278. The summed E-state index contributed by atoms with van der Waals surface area (Å²) in [5.74, 6) is 2.08. The molecule has 53 heavy (non-hydrogen) atoms. The molecule has 282 valence electrons. The number of ether oxygens (including phenoxy) is 4. The fourth-order valence-electron chi connectivity index (χ4n) is 10.9. The predicted octanol–water partition coefficient (Wildman–Crippen LogP) is 7.24. The average molecular weight is 722 g/mol. The minimum atomic E-state index is -0.547. The maximum atomic E-state index is 13.2. The molecule has 4 saturated carbocycles. The Bertz CT molecular complexity index is 1710. The van der Waals surface area contributed by atoms with Gasteiger partial charge in [-0.25, -0.2) is 4.79 Å². The molecule has 7 fully saturated rings. The standard InChI is InChI=1S/C44H55N3O6/c1-29-39(27-47-14-12-44(13-15-47)50-16-17-51-44)52-41(53-40(29)35-10-8-30(28-48)9-11-35)38-7-3-6-37(22-38)36-5-2-4-31(21-36)26-45-42(49)46-43-23-32-18-33(24-43)20-34(19-32)25-43/h2-11,21-22,29,32-34,39-41,48H,12-20,23-28H2,1H3,(H2,45,46,49)/t29-,32?,33?,34?,39+,40+,41+,43?/m1/s1. The van der Waals surface area contributed by atoms with Crippen molar-refractivity contribution in [2.24, 2.45) is 23.7 Å². The van der Waals surface area contributed by atoms with Crippen LogP contribution in [-0.2, 0) is 32.1 Å². The summed E-state index contributed by atoms with van der Waals surface area (Å²) in [5, 5.41) is 16.3. The van der Waals surface area contributed by atoms with E-state index in [1.807, 2.05) is 12.1 Å². The number of urea groups is 1. The summed E-state index contributed by atoms with van der Waals surface area (Å²) in [6.07, 6.45) is 8.47. The Balaban J connectivity index is 0.890. The summed E-state index contributed by atoms with van der Waals surface area (Å²) in [5.41, 5.74) is 6.17. The lowest BCUT2D eigenvalue weighted by Gasteiger charge is -2.56. The highest BCUT2D eigenvalue weighted by Crippen LogP contribution is 2.55. The first-order valence-electron chi connectivity index (χ1n) is 20.1. The number of carbonyl (C=O) groups excluding carboxylic acids is 1. The Morgan fingerprint density at radius 2 is 1.47 bits per heavy atom. The van der Waals surface area contributed by atoms with E-state index in [-0.39, 0.29) is 36.3 Å². The minimum absolute atomic E-state index is 0.000927. The van der Waals surface area contributed by atoms with Crippen molar-refractivity contribution in [2.45, 2.75) is 101 Å². The van der Waals surface area contributed by atoms with E-state index in [2.05, 4.69) is 83.1 Å². The summed E-state index contributed by atoms with van der Waals surface area (Å²) >= 11 is 0. The minimum Gasteiger partial charge on any atom is -0.392 e. The van der Waals surface area contributed by atoms with Gasteiger partial charge in [0.25, 0.3) is 0 Å². The molecule has 3 heterocycles. The molecule has 7 aliphatic rings. The molecule has 0 unspecified atom stereocenters. The number of hydrogen-bond donors (Lipinski definition) is 3. The number of nitrogens with zero attached hydrogens (tertiary/aromatic N) is 1. The number of likely N-dealkylation sites (tertiary alicyclic amines) is 1. The van der Waals surface area contributed by atoms with Crippen LogP contribution >= 0.6 is 0 Å². The first kappa shape index (κ1) is 35.4. The van der Waals surface area contributed by atoms with Crippen LogP contribution in [0.5, 0.6) is 0 Å². The van der Waals surface area contributed by atoms with E-state index in [1.165, 1.54) is 19.3 Å². The molecule has 4 atom stereocenters. The summed E-state index contributed by atoms with van der Waals surface area (Å²) < 4.78 is 25.7. The van der Waals surface area contributed by atoms with Gasteiger partial charge in [0.1, 0.15) is 0 Å². The lowest BCUT2D eigenvalue weighted by Crippen LogP contribution is -2.61. The number of nitrogens with one attached hydrogen (secondary N) is 2. The van der Waals surface area contributed by atoms with E-state index >= 15 is 0 Å². The second kappa shape index (κ2) is 14.7. The van der Waals surface area contributed by atoms with E-state index in [9.17, 15) is 9.90 Å². The van der Waals surface area contributed by atoms with Gasteiger partial charge in [0, 0.05) is 56.0 Å². The van der Waals surface area contributed by atoms with Crippen molar-refractivity contribution >= 4 is 6.03 Å². The van der Waals surface area contributed by atoms with E-state index in [1.54, 1.807) is 0 Å². The third kappa shape index (κ3) is 7.53. The van der Waals surface area contributed by atoms with Gasteiger partial charge in [-0.1, -0.05) is 67.6 Å². The van der Waals surface area contributed by atoms with Crippen LogP contribution in [0.4, 0.5) is 4.79 Å². The fourth-order valence-corrected chi connectivity index (χ4v) is 10.9. The zero-order valence-electron chi connectivity index (χ0n) is 31.0. The largest absolute Gasteiger partial charge is 0.392 e. The third-order valence-electron chi connectivity index (χ3n) is 13.3. The van der Waals surface area contributed by atoms with Crippen LogP contribution < -0.4 is 10.6 Å². The SMILES string of the molecule is C[C@@H]1[C@H](CN2CCC3(CC2)OCCO3)O[C@H](c2cccc(-c3cccc(CNC(=O)NC45CC6CC(CC(C6)C4)C5)c3)c2)O[C@@H]1c1ccc(CO)cc1. The first-order chi connectivity index (χ1) is 25.8. The second-order valence-corrected chi connectivity index (χ2v) is 17.1. The van der Waals surface area contributed by atoms with Gasteiger partial charge < -0.3 is 39.6 Å². The van der Waals surface area contributed by atoms with Crippen LogP contribution in [0, 0.1) is 23.7 Å². The van der Waals surface area contributed by atoms with Crippen LogP contribution in [0.15, 0.2) is 72.8 Å². The molecule has 4 aliphatic carbocycles. The maximum Gasteiger partial charge on any atom is 0.315 e. The Morgan fingerprint density at radius 1 is 0.811 bits per heavy atom.